The summed E-state index contributed by atoms with van der Waals surface area (Å²) in [5, 5.41) is 10.3. The van der Waals surface area contributed by atoms with E-state index in [1.165, 1.54) is 0 Å². The van der Waals surface area contributed by atoms with Gasteiger partial charge in [-0.2, -0.15) is 0 Å². The largest absolute Gasteiger partial charge is 0.465 e. The van der Waals surface area contributed by atoms with Gasteiger partial charge in [-0.05, 0) is 12.5 Å². The van der Waals surface area contributed by atoms with Crippen LogP contribution in [0.15, 0.2) is 0 Å². The van der Waals surface area contributed by atoms with E-state index in [1.807, 2.05) is 6.92 Å². The molecular formula is C5H12N2O2. The van der Waals surface area contributed by atoms with Crippen molar-refractivity contribution >= 4 is 6.09 Å². The van der Waals surface area contributed by atoms with Crippen LogP contribution in [0.1, 0.15) is 6.92 Å². The van der Waals surface area contributed by atoms with Crippen molar-refractivity contribution in [2.24, 2.45) is 11.7 Å². The highest BCUT2D eigenvalue weighted by Crippen LogP contribution is 1.85. The van der Waals surface area contributed by atoms with Gasteiger partial charge < -0.3 is 16.2 Å². The molecular weight excluding hydrogens is 120 g/mol. The average Bonchev–Trinajstić information content (AvgIpc) is 1.83. The van der Waals surface area contributed by atoms with E-state index in [0.29, 0.717) is 13.1 Å². The maximum Gasteiger partial charge on any atom is 0.404 e. The molecule has 0 aliphatic heterocycles. The summed E-state index contributed by atoms with van der Waals surface area (Å²) in [6.07, 6.45) is -0.990. The fraction of sp³-hybridized carbons (Fsp3) is 0.800. The molecule has 1 atom stereocenters. The Balaban J connectivity index is 3.16. The average molecular weight is 132 g/mol. The molecule has 0 spiro atoms. The van der Waals surface area contributed by atoms with Gasteiger partial charge in [0.25, 0.3) is 0 Å². The van der Waals surface area contributed by atoms with Crippen LogP contribution in [-0.4, -0.2) is 24.3 Å². The third-order valence-corrected chi connectivity index (χ3v) is 1.00. The van der Waals surface area contributed by atoms with Gasteiger partial charge in [0.15, 0.2) is 0 Å². The lowest BCUT2D eigenvalue weighted by Gasteiger charge is -2.05. The van der Waals surface area contributed by atoms with Crippen molar-refractivity contribution in [3.63, 3.8) is 0 Å². The van der Waals surface area contributed by atoms with Crippen molar-refractivity contribution in [1.29, 1.82) is 0 Å². The zero-order valence-corrected chi connectivity index (χ0v) is 5.42. The van der Waals surface area contributed by atoms with Crippen molar-refractivity contribution in [3.05, 3.63) is 0 Å². The van der Waals surface area contributed by atoms with E-state index in [4.69, 9.17) is 10.8 Å². The number of nitrogens with two attached hydrogens (primary N) is 1. The predicted octanol–water partition coefficient (Wildman–Crippen LogP) is -0.151. The Morgan fingerprint density at radius 3 is 2.78 bits per heavy atom. The molecule has 0 aromatic rings. The molecule has 1 amide bonds. The lowest BCUT2D eigenvalue weighted by molar-refractivity contribution is 0.193. The first-order chi connectivity index (χ1) is 4.16. The maximum atomic E-state index is 9.87. The molecule has 4 heteroatoms. The normalized spacial score (nSPS) is 12.7. The van der Waals surface area contributed by atoms with Crippen molar-refractivity contribution < 1.29 is 9.90 Å². The van der Waals surface area contributed by atoms with Crippen LogP contribution in [0.5, 0.6) is 0 Å². The van der Waals surface area contributed by atoms with E-state index >= 15 is 0 Å². The van der Waals surface area contributed by atoms with Crippen molar-refractivity contribution in [1.82, 2.24) is 5.32 Å². The smallest absolute Gasteiger partial charge is 0.404 e. The Kier molecular flexibility index (Phi) is 3.79. The Morgan fingerprint density at radius 2 is 2.44 bits per heavy atom. The van der Waals surface area contributed by atoms with Gasteiger partial charge in [-0.25, -0.2) is 4.79 Å². The molecule has 1 unspecified atom stereocenters. The van der Waals surface area contributed by atoms with Crippen LogP contribution in [0.3, 0.4) is 0 Å². The highest BCUT2D eigenvalue weighted by atomic mass is 16.4. The van der Waals surface area contributed by atoms with E-state index in [0.717, 1.165) is 0 Å². The first-order valence-corrected chi connectivity index (χ1v) is 2.83. The number of rotatable bonds is 3. The molecule has 0 saturated carbocycles. The monoisotopic (exact) mass is 132 g/mol. The topological polar surface area (TPSA) is 75.3 Å². The van der Waals surface area contributed by atoms with Crippen molar-refractivity contribution in [2.75, 3.05) is 13.1 Å². The predicted molar refractivity (Wildman–Crippen MR) is 34.2 cm³/mol. The number of carboxylic acid groups (broad SMARTS) is 1. The van der Waals surface area contributed by atoms with Gasteiger partial charge >= 0.3 is 6.09 Å². The first kappa shape index (κ1) is 8.23. The first-order valence-electron chi connectivity index (χ1n) is 2.83. The summed E-state index contributed by atoms with van der Waals surface area (Å²) in [5.41, 5.74) is 5.23. The van der Waals surface area contributed by atoms with Gasteiger partial charge in [-0.1, -0.05) is 6.92 Å². The zero-order chi connectivity index (χ0) is 7.28. The second-order valence-corrected chi connectivity index (χ2v) is 2.03. The SMILES string of the molecule is CC(CN)CNC(=O)O. The minimum Gasteiger partial charge on any atom is -0.465 e. The molecule has 0 radical (unpaired) electrons. The molecule has 0 aliphatic carbocycles. The molecule has 0 aromatic heterocycles. The second-order valence-electron chi connectivity index (χ2n) is 2.03. The number of hydrogen-bond donors (Lipinski definition) is 3. The third-order valence-electron chi connectivity index (χ3n) is 1.00. The van der Waals surface area contributed by atoms with Gasteiger partial charge in [-0.3, -0.25) is 0 Å². The van der Waals surface area contributed by atoms with E-state index in [1.54, 1.807) is 0 Å². The summed E-state index contributed by atoms with van der Waals surface area (Å²) in [4.78, 5) is 9.87. The van der Waals surface area contributed by atoms with Crippen molar-refractivity contribution in [3.8, 4) is 0 Å². The molecule has 0 aliphatic rings. The summed E-state index contributed by atoms with van der Waals surface area (Å²) in [5.74, 6) is 0.223. The molecule has 54 valence electrons. The minimum atomic E-state index is -0.990. The summed E-state index contributed by atoms with van der Waals surface area (Å²) in [6.45, 7) is 2.84. The quantitative estimate of drug-likeness (QED) is 0.499. The number of carbonyl (C=O) groups is 1. The van der Waals surface area contributed by atoms with Crippen LogP contribution in [0, 0.1) is 5.92 Å². The van der Waals surface area contributed by atoms with Gasteiger partial charge in [0.1, 0.15) is 0 Å². The van der Waals surface area contributed by atoms with Crippen LogP contribution in [0.25, 0.3) is 0 Å². The third kappa shape index (κ3) is 5.10. The second kappa shape index (κ2) is 4.14. The molecule has 0 fully saturated rings. The highest BCUT2D eigenvalue weighted by Gasteiger charge is 1.99. The van der Waals surface area contributed by atoms with Crippen LogP contribution in [0.2, 0.25) is 0 Å². The lowest BCUT2D eigenvalue weighted by atomic mass is 10.2. The zero-order valence-electron chi connectivity index (χ0n) is 5.42. The Labute approximate surface area is 54.0 Å². The summed E-state index contributed by atoms with van der Waals surface area (Å²) >= 11 is 0. The molecule has 0 saturated heterocycles. The van der Waals surface area contributed by atoms with Crippen molar-refractivity contribution in [2.45, 2.75) is 6.92 Å². The van der Waals surface area contributed by atoms with Crippen LogP contribution >= 0.6 is 0 Å². The molecule has 0 rings (SSSR count). The molecule has 4 nitrogen and oxygen atoms in total. The molecule has 4 N–H and O–H groups in total. The summed E-state index contributed by atoms with van der Waals surface area (Å²) in [6, 6.07) is 0. The van der Waals surface area contributed by atoms with Gasteiger partial charge in [-0.15, -0.1) is 0 Å². The maximum absolute atomic E-state index is 9.87. The standard InChI is InChI=1S/C5H12N2O2/c1-4(2-6)3-7-5(8)9/h4,7H,2-3,6H2,1H3,(H,8,9). The number of amides is 1. The van der Waals surface area contributed by atoms with E-state index in [2.05, 4.69) is 5.32 Å². The van der Waals surface area contributed by atoms with Gasteiger partial charge in [0.2, 0.25) is 0 Å². The molecule has 9 heavy (non-hydrogen) atoms. The van der Waals surface area contributed by atoms with E-state index in [-0.39, 0.29) is 5.92 Å². The highest BCUT2D eigenvalue weighted by molar-refractivity contribution is 5.64. The van der Waals surface area contributed by atoms with Gasteiger partial charge in [0.05, 0.1) is 0 Å². The molecule has 0 heterocycles. The van der Waals surface area contributed by atoms with E-state index < -0.39 is 6.09 Å². The Morgan fingerprint density at radius 1 is 1.89 bits per heavy atom. The van der Waals surface area contributed by atoms with E-state index in [9.17, 15) is 4.79 Å². The fourth-order valence-corrected chi connectivity index (χ4v) is 0.345. The minimum absolute atomic E-state index is 0.223. The molecule has 0 bridgehead atoms. The molecule has 0 aromatic carbocycles. The van der Waals surface area contributed by atoms with Crippen LogP contribution in [0.4, 0.5) is 4.79 Å². The van der Waals surface area contributed by atoms with Gasteiger partial charge in [0, 0.05) is 6.54 Å². The Bertz CT molecular complexity index is 95.0. The Hall–Kier alpha value is -0.770. The number of hydrogen-bond acceptors (Lipinski definition) is 2. The van der Waals surface area contributed by atoms with Crippen LogP contribution in [-0.2, 0) is 0 Å². The number of nitrogens with one attached hydrogen (secondary N) is 1. The lowest BCUT2D eigenvalue weighted by Crippen LogP contribution is -2.29. The summed E-state index contributed by atoms with van der Waals surface area (Å²) in [7, 11) is 0. The fourth-order valence-electron chi connectivity index (χ4n) is 0.345. The van der Waals surface area contributed by atoms with Crippen LogP contribution < -0.4 is 11.1 Å². The summed E-state index contributed by atoms with van der Waals surface area (Å²) < 4.78 is 0.